The van der Waals surface area contributed by atoms with E-state index in [1.807, 2.05) is 25.1 Å². The van der Waals surface area contributed by atoms with E-state index in [9.17, 15) is 4.79 Å². The van der Waals surface area contributed by atoms with Crippen LogP contribution in [0.15, 0.2) is 40.9 Å². The SMILES string of the molecule is CCCC/C=C/C(C)OC(=O)c1ccc(Br)cc1. The zero-order chi connectivity index (χ0) is 13.4. The average Bonchev–Trinajstić information content (AvgIpc) is 2.35. The summed E-state index contributed by atoms with van der Waals surface area (Å²) in [7, 11) is 0. The first kappa shape index (κ1) is 15.0. The van der Waals surface area contributed by atoms with Crippen LogP contribution in [0, 0.1) is 0 Å². The highest BCUT2D eigenvalue weighted by Gasteiger charge is 2.09. The Kier molecular flexibility index (Phi) is 6.73. The van der Waals surface area contributed by atoms with Gasteiger partial charge in [0.25, 0.3) is 0 Å². The van der Waals surface area contributed by atoms with Crippen LogP contribution < -0.4 is 0 Å². The van der Waals surface area contributed by atoms with Gasteiger partial charge in [0.2, 0.25) is 0 Å². The van der Waals surface area contributed by atoms with Crippen molar-refractivity contribution >= 4 is 21.9 Å². The van der Waals surface area contributed by atoms with E-state index in [0.717, 1.165) is 10.9 Å². The maximum absolute atomic E-state index is 11.8. The fourth-order valence-corrected chi connectivity index (χ4v) is 1.74. The third kappa shape index (κ3) is 5.50. The van der Waals surface area contributed by atoms with E-state index in [-0.39, 0.29) is 12.1 Å². The fourth-order valence-electron chi connectivity index (χ4n) is 1.47. The molecule has 1 aromatic carbocycles. The average molecular weight is 311 g/mol. The number of hydrogen-bond donors (Lipinski definition) is 0. The first-order valence-electron chi connectivity index (χ1n) is 6.26. The number of rotatable bonds is 6. The van der Waals surface area contributed by atoms with Crippen LogP contribution in [0.2, 0.25) is 0 Å². The molecule has 1 aromatic rings. The third-order valence-corrected chi connectivity index (χ3v) is 3.03. The molecule has 98 valence electrons. The quantitative estimate of drug-likeness (QED) is 0.431. The highest BCUT2D eigenvalue weighted by molar-refractivity contribution is 9.10. The predicted octanol–water partition coefficient (Wildman–Crippen LogP) is 4.74. The topological polar surface area (TPSA) is 26.3 Å². The summed E-state index contributed by atoms with van der Waals surface area (Å²) < 4.78 is 6.27. The molecular weight excluding hydrogens is 292 g/mol. The number of benzene rings is 1. The molecule has 0 aromatic heterocycles. The fraction of sp³-hybridized carbons (Fsp3) is 0.400. The van der Waals surface area contributed by atoms with Crippen molar-refractivity contribution in [3.05, 3.63) is 46.5 Å². The van der Waals surface area contributed by atoms with Crippen molar-refractivity contribution in [3.8, 4) is 0 Å². The smallest absolute Gasteiger partial charge is 0.338 e. The molecule has 0 spiro atoms. The number of unbranched alkanes of at least 4 members (excludes halogenated alkanes) is 2. The number of halogens is 1. The van der Waals surface area contributed by atoms with E-state index in [1.165, 1.54) is 12.8 Å². The van der Waals surface area contributed by atoms with E-state index in [2.05, 4.69) is 28.9 Å². The van der Waals surface area contributed by atoms with Gasteiger partial charge in [0, 0.05) is 4.47 Å². The Bertz CT molecular complexity index is 395. The molecule has 0 bridgehead atoms. The second-order valence-electron chi connectivity index (χ2n) is 4.19. The molecule has 2 nitrogen and oxygen atoms in total. The molecular formula is C15H19BrO2. The molecule has 1 unspecified atom stereocenters. The van der Waals surface area contributed by atoms with Crippen molar-refractivity contribution in [1.29, 1.82) is 0 Å². The van der Waals surface area contributed by atoms with Gasteiger partial charge in [-0.25, -0.2) is 4.79 Å². The van der Waals surface area contributed by atoms with E-state index in [4.69, 9.17) is 4.74 Å². The Hall–Kier alpha value is -1.09. The van der Waals surface area contributed by atoms with Gasteiger partial charge >= 0.3 is 5.97 Å². The molecule has 3 heteroatoms. The van der Waals surface area contributed by atoms with Crippen LogP contribution in [0.4, 0.5) is 0 Å². The second kappa shape index (κ2) is 8.09. The largest absolute Gasteiger partial charge is 0.455 e. The van der Waals surface area contributed by atoms with Gasteiger partial charge in [-0.2, -0.15) is 0 Å². The predicted molar refractivity (Wildman–Crippen MR) is 77.7 cm³/mol. The minimum absolute atomic E-state index is 0.182. The first-order chi connectivity index (χ1) is 8.63. The molecule has 1 atom stereocenters. The van der Waals surface area contributed by atoms with Gasteiger partial charge in [0.1, 0.15) is 6.10 Å². The molecule has 0 N–H and O–H groups in total. The van der Waals surface area contributed by atoms with Crippen LogP contribution in [0.25, 0.3) is 0 Å². The lowest BCUT2D eigenvalue weighted by Crippen LogP contribution is -2.12. The minimum atomic E-state index is -0.282. The van der Waals surface area contributed by atoms with Crippen LogP contribution in [0.5, 0.6) is 0 Å². The number of carbonyl (C=O) groups is 1. The lowest BCUT2D eigenvalue weighted by Gasteiger charge is -2.09. The van der Waals surface area contributed by atoms with Gasteiger partial charge in [-0.05, 0) is 43.7 Å². The van der Waals surface area contributed by atoms with Crippen LogP contribution in [-0.2, 0) is 4.74 Å². The van der Waals surface area contributed by atoms with Gasteiger partial charge in [-0.1, -0.05) is 41.8 Å². The van der Waals surface area contributed by atoms with Gasteiger partial charge in [-0.15, -0.1) is 0 Å². The molecule has 0 radical (unpaired) electrons. The molecule has 0 aliphatic carbocycles. The Morgan fingerprint density at radius 1 is 1.39 bits per heavy atom. The summed E-state index contributed by atoms with van der Waals surface area (Å²) in [4.78, 5) is 11.8. The number of allylic oxidation sites excluding steroid dienone is 1. The zero-order valence-electron chi connectivity index (χ0n) is 10.9. The summed E-state index contributed by atoms with van der Waals surface area (Å²) in [6.45, 7) is 4.03. The molecule has 0 amide bonds. The monoisotopic (exact) mass is 310 g/mol. The summed E-state index contributed by atoms with van der Waals surface area (Å²) in [6.07, 6.45) is 7.21. The molecule has 1 rings (SSSR count). The Morgan fingerprint density at radius 2 is 2.06 bits per heavy atom. The lowest BCUT2D eigenvalue weighted by molar-refractivity contribution is 0.0424. The molecule has 0 saturated heterocycles. The molecule has 0 aliphatic heterocycles. The summed E-state index contributed by atoms with van der Waals surface area (Å²) in [6, 6.07) is 7.16. The third-order valence-electron chi connectivity index (χ3n) is 2.50. The number of hydrogen-bond acceptors (Lipinski definition) is 2. The summed E-state index contributed by atoms with van der Waals surface area (Å²) in [5, 5.41) is 0. The van der Waals surface area contributed by atoms with E-state index >= 15 is 0 Å². The highest BCUT2D eigenvalue weighted by atomic mass is 79.9. The summed E-state index contributed by atoms with van der Waals surface area (Å²) in [5.74, 6) is -0.282. The van der Waals surface area contributed by atoms with Crippen LogP contribution >= 0.6 is 15.9 Å². The van der Waals surface area contributed by atoms with Crippen molar-refractivity contribution in [2.75, 3.05) is 0 Å². The Morgan fingerprint density at radius 3 is 2.67 bits per heavy atom. The van der Waals surface area contributed by atoms with Crippen molar-refractivity contribution in [3.63, 3.8) is 0 Å². The highest BCUT2D eigenvalue weighted by Crippen LogP contribution is 2.12. The molecule has 0 fully saturated rings. The summed E-state index contributed by atoms with van der Waals surface area (Å²) >= 11 is 3.33. The van der Waals surface area contributed by atoms with Crippen molar-refractivity contribution < 1.29 is 9.53 Å². The van der Waals surface area contributed by atoms with E-state index in [0.29, 0.717) is 5.56 Å². The maximum atomic E-state index is 11.8. The van der Waals surface area contributed by atoms with Crippen molar-refractivity contribution in [1.82, 2.24) is 0 Å². The van der Waals surface area contributed by atoms with Gasteiger partial charge < -0.3 is 4.74 Å². The van der Waals surface area contributed by atoms with E-state index < -0.39 is 0 Å². The van der Waals surface area contributed by atoms with Crippen molar-refractivity contribution in [2.45, 2.75) is 39.2 Å². The van der Waals surface area contributed by atoms with Crippen LogP contribution in [0.3, 0.4) is 0 Å². The van der Waals surface area contributed by atoms with Crippen LogP contribution in [0.1, 0.15) is 43.5 Å². The lowest BCUT2D eigenvalue weighted by atomic mass is 10.2. The zero-order valence-corrected chi connectivity index (χ0v) is 12.4. The standard InChI is InChI=1S/C15H19BrO2/c1-3-4-5-6-7-12(2)18-15(17)13-8-10-14(16)11-9-13/h6-12H,3-5H2,1-2H3/b7-6+. The number of ether oxygens (including phenoxy) is 1. The minimum Gasteiger partial charge on any atom is -0.455 e. The normalized spacial score (nSPS) is 12.6. The second-order valence-corrected chi connectivity index (χ2v) is 5.10. The summed E-state index contributed by atoms with van der Waals surface area (Å²) in [5.41, 5.74) is 0.576. The first-order valence-corrected chi connectivity index (χ1v) is 7.06. The maximum Gasteiger partial charge on any atom is 0.338 e. The van der Waals surface area contributed by atoms with Gasteiger partial charge in [-0.3, -0.25) is 0 Å². The molecule has 0 heterocycles. The molecule has 0 saturated carbocycles. The Balaban J connectivity index is 2.44. The van der Waals surface area contributed by atoms with Crippen molar-refractivity contribution in [2.24, 2.45) is 0 Å². The number of carbonyl (C=O) groups excluding carboxylic acids is 1. The molecule has 18 heavy (non-hydrogen) atoms. The Labute approximate surface area is 117 Å². The molecule has 0 aliphatic rings. The number of esters is 1. The van der Waals surface area contributed by atoms with Crippen LogP contribution in [-0.4, -0.2) is 12.1 Å². The van der Waals surface area contributed by atoms with Gasteiger partial charge in [0.15, 0.2) is 0 Å². The van der Waals surface area contributed by atoms with E-state index in [1.54, 1.807) is 12.1 Å². The van der Waals surface area contributed by atoms with Gasteiger partial charge in [0.05, 0.1) is 5.56 Å².